The van der Waals surface area contributed by atoms with Crippen LogP contribution in [0.5, 0.6) is 0 Å². The minimum Gasteiger partial charge on any atom is -0.512 e. The molecule has 1 N–H and O–H groups in total. The number of fused-ring (bicyclic) bond motifs is 4. The minimum atomic E-state index is -0.206. The monoisotopic (exact) mass is 931 g/mol. The Morgan fingerprint density at radius 1 is 0.836 bits per heavy atom. The van der Waals surface area contributed by atoms with Gasteiger partial charge in [0, 0.05) is 71.7 Å². The van der Waals surface area contributed by atoms with E-state index in [2.05, 4.69) is 40.0 Å². The van der Waals surface area contributed by atoms with Gasteiger partial charge in [-0.3, -0.25) is 4.79 Å². The molecule has 0 bridgehead atoms. The van der Waals surface area contributed by atoms with Crippen molar-refractivity contribution in [1.29, 1.82) is 0 Å². The first kappa shape index (κ1) is 41.5. The van der Waals surface area contributed by atoms with Crippen LogP contribution in [0, 0.1) is 45.5 Å². The van der Waals surface area contributed by atoms with Crippen molar-refractivity contribution in [3.63, 3.8) is 0 Å². The van der Waals surface area contributed by atoms with Crippen LogP contribution in [-0.4, -0.2) is 10.9 Å². The summed E-state index contributed by atoms with van der Waals surface area (Å²) in [5, 5.41) is 12.8. The maximum Gasteiger partial charge on any atom is 0.162 e. The summed E-state index contributed by atoms with van der Waals surface area (Å²) in [7, 11) is 4.25. The number of benzene rings is 4. The maximum atomic E-state index is 16.2. The van der Waals surface area contributed by atoms with Crippen molar-refractivity contribution in [1.82, 2.24) is 0 Å². The summed E-state index contributed by atoms with van der Waals surface area (Å²) in [4.78, 5) is 11.7. The van der Waals surface area contributed by atoms with E-state index in [9.17, 15) is 9.90 Å². The van der Waals surface area contributed by atoms with E-state index in [1.807, 2.05) is 111 Å². The number of aromatic nitrogens is 1. The number of hydrogen-bond donors (Lipinski definition) is 1. The summed E-state index contributed by atoms with van der Waals surface area (Å²) in [5.41, 5.74) is 8.46. The Morgan fingerprint density at radius 3 is 2.13 bits per heavy atom. The van der Waals surface area contributed by atoms with Gasteiger partial charge in [0.1, 0.15) is 17.2 Å². The van der Waals surface area contributed by atoms with Crippen molar-refractivity contribution in [2.75, 3.05) is 0 Å². The third-order valence-electron chi connectivity index (χ3n) is 10.6. The van der Waals surface area contributed by atoms with Crippen molar-refractivity contribution >= 4 is 48.3 Å². The summed E-state index contributed by atoms with van der Waals surface area (Å²) >= 11 is 1.48. The van der Waals surface area contributed by atoms with Crippen LogP contribution in [0.25, 0.3) is 64.8 Å². The number of halogens is 1. The number of nitrogens with zero attached hydrogens (tertiary/aromatic N) is 1. The van der Waals surface area contributed by atoms with Crippen LogP contribution in [0.15, 0.2) is 107 Å². The molecule has 0 aliphatic heterocycles. The third-order valence-corrected chi connectivity index (χ3v) is 11.8. The average molecular weight is 931 g/mol. The van der Waals surface area contributed by atoms with Crippen LogP contribution in [0.2, 0.25) is 0 Å². The number of furan rings is 1. The van der Waals surface area contributed by atoms with Crippen LogP contribution in [0.4, 0.5) is 4.39 Å². The second kappa shape index (κ2) is 17.8. The van der Waals surface area contributed by atoms with Crippen LogP contribution < -0.4 is 4.57 Å². The number of aryl methyl sites for hydroxylation is 2. The zero-order valence-corrected chi connectivity index (χ0v) is 35.7. The first-order valence-corrected chi connectivity index (χ1v) is 19.7. The summed E-state index contributed by atoms with van der Waals surface area (Å²) in [5.74, 6) is 1.14. The Hall–Kier alpha value is -4.68. The van der Waals surface area contributed by atoms with Crippen molar-refractivity contribution in [2.24, 2.45) is 11.8 Å². The van der Waals surface area contributed by atoms with E-state index in [4.69, 9.17) is 4.42 Å². The number of aliphatic hydroxyl groups is 1. The first-order chi connectivity index (χ1) is 26.0. The van der Waals surface area contributed by atoms with Gasteiger partial charge >= 0.3 is 0 Å². The van der Waals surface area contributed by atoms with Gasteiger partial charge in [0.15, 0.2) is 5.78 Å². The number of allylic oxidation sites excluding steroid dienone is 2. The van der Waals surface area contributed by atoms with Crippen molar-refractivity contribution in [2.45, 2.75) is 67.2 Å². The number of pyridine rings is 1. The molecule has 3 heterocycles. The summed E-state index contributed by atoms with van der Waals surface area (Å²) in [6.45, 7) is 16.6. The molecule has 1 radical (unpaired) electrons. The molecule has 287 valence electrons. The molecule has 0 amide bonds. The first-order valence-electron chi connectivity index (χ1n) is 18.9. The Bertz CT molecular complexity index is 2450. The molecule has 0 fully saturated rings. The van der Waals surface area contributed by atoms with E-state index in [-0.39, 0.29) is 49.3 Å². The predicted octanol–water partition coefficient (Wildman–Crippen LogP) is 13.5. The van der Waals surface area contributed by atoms with E-state index in [0.717, 1.165) is 97.0 Å². The normalized spacial score (nSPS) is 11.7. The van der Waals surface area contributed by atoms with E-state index < -0.39 is 0 Å². The predicted molar refractivity (Wildman–Crippen MR) is 224 cm³/mol. The molecule has 7 heteroatoms. The summed E-state index contributed by atoms with van der Waals surface area (Å²) in [6, 6.07) is 28.1. The zero-order valence-electron chi connectivity index (χ0n) is 32.5. The van der Waals surface area contributed by atoms with Crippen molar-refractivity contribution in [3.8, 4) is 33.7 Å². The molecular weight excluding hydrogens is 882 g/mol. The Labute approximate surface area is 342 Å². The fourth-order valence-corrected chi connectivity index (χ4v) is 8.59. The van der Waals surface area contributed by atoms with Crippen molar-refractivity contribution < 1.29 is 43.4 Å². The van der Waals surface area contributed by atoms with Gasteiger partial charge in [-0.25, -0.2) is 4.39 Å². The Morgan fingerprint density at radius 2 is 1.47 bits per heavy atom. The number of aliphatic hydroxyl groups excluding tert-OH is 1. The van der Waals surface area contributed by atoms with Crippen LogP contribution >= 0.6 is 11.3 Å². The molecule has 0 aliphatic carbocycles. The van der Waals surface area contributed by atoms with Crippen LogP contribution in [0.1, 0.15) is 70.1 Å². The molecule has 55 heavy (non-hydrogen) atoms. The number of thiophene rings is 1. The molecule has 4 nitrogen and oxygen atoms in total. The molecule has 0 saturated carbocycles. The molecule has 7 aromatic rings. The van der Waals surface area contributed by atoms with Crippen LogP contribution in [0.3, 0.4) is 0 Å². The third kappa shape index (κ3) is 8.45. The topological polar surface area (TPSA) is 54.3 Å². The molecule has 7 rings (SSSR count). The quantitative estimate of drug-likeness (QED) is 0.0643. The second-order valence-electron chi connectivity index (χ2n) is 14.1. The fourth-order valence-electron chi connectivity index (χ4n) is 7.28. The van der Waals surface area contributed by atoms with E-state index in [1.165, 1.54) is 17.4 Å². The van der Waals surface area contributed by atoms with E-state index >= 15 is 4.39 Å². The van der Waals surface area contributed by atoms with Gasteiger partial charge in [-0.2, -0.15) is 18.1 Å². The van der Waals surface area contributed by atoms with Gasteiger partial charge in [-0.1, -0.05) is 94.8 Å². The minimum absolute atomic E-state index is 0. The second-order valence-corrected chi connectivity index (χ2v) is 15.1. The summed E-state index contributed by atoms with van der Waals surface area (Å²) < 4.78 is 25.7. The molecule has 4 aromatic carbocycles. The van der Waals surface area contributed by atoms with Gasteiger partial charge in [-0.05, 0) is 61.8 Å². The fraction of sp³-hybridized carbons (Fsp3) is 0.250. The van der Waals surface area contributed by atoms with E-state index in [1.54, 1.807) is 0 Å². The van der Waals surface area contributed by atoms with Crippen molar-refractivity contribution in [3.05, 3.63) is 139 Å². The van der Waals surface area contributed by atoms with Gasteiger partial charge in [0.2, 0.25) is 0 Å². The van der Waals surface area contributed by atoms with Gasteiger partial charge in [0.25, 0.3) is 0 Å². The smallest absolute Gasteiger partial charge is 0.162 e. The molecule has 0 atom stereocenters. The Kier molecular flexibility index (Phi) is 13.5. The molecule has 0 aliphatic rings. The van der Waals surface area contributed by atoms with Crippen LogP contribution in [-0.2, 0) is 24.9 Å². The Balaban J connectivity index is 0.000000311. The number of hydrogen-bond acceptors (Lipinski definition) is 4. The van der Waals surface area contributed by atoms with Gasteiger partial charge < -0.3 is 14.1 Å². The van der Waals surface area contributed by atoms with E-state index in [0.29, 0.717) is 10.3 Å². The number of carbonyl (C=O) groups excluding carboxylic acids is 1. The standard InChI is InChI=1S/C35H25FNOS.C13H24O2.Ir/c1-20-17-21(2)22(3)29(18-20)33-35-28(15-16-37(33)4)27-14-13-26(32(36)34(27)39-35)23-9-11-24(12-10-23)31-19-25-7-5-6-8-30(25)38-31;1-5-10(6-2)12(14)9-13(15)11(7-3)8-4;/h5-19H,3-4H2,1-2H3;9-11,14H,5-8H2,1-4H3;/q-1;;/b;12-9-;. The SMILES string of the molecule is CCC(CC)C(=O)/C=C(\O)C(CC)CC.[CH2-]c1c(C)cc(C)cc1-c1c2sc3c(F)c(-c4ccc(-c5cc6ccccc6o5)cc4)ccc3c2cc[n+]1[CH2-].[Ir]. The largest absolute Gasteiger partial charge is 0.512 e. The van der Waals surface area contributed by atoms with Gasteiger partial charge in [-0.15, -0.1) is 29.0 Å². The molecular formula is C48H49FIrNO3S-. The summed E-state index contributed by atoms with van der Waals surface area (Å²) in [6.07, 6.45) is 6.85. The number of rotatable bonds is 10. The number of para-hydroxylation sites is 1. The molecule has 0 saturated heterocycles. The number of carbonyl (C=O) groups is 1. The molecule has 3 aromatic heterocycles. The maximum absolute atomic E-state index is 16.2. The molecule has 0 unspecified atom stereocenters. The zero-order chi connectivity index (χ0) is 38.7. The number of ketones is 1. The molecule has 0 spiro atoms. The van der Waals surface area contributed by atoms with Gasteiger partial charge in [0.05, 0.1) is 22.3 Å². The average Bonchev–Trinajstić information content (AvgIpc) is 3.77.